The third-order valence-electron chi connectivity index (χ3n) is 3.62. The molecule has 102 valence electrons. The Labute approximate surface area is 113 Å². The summed E-state index contributed by atoms with van der Waals surface area (Å²) in [6.45, 7) is 2.22. The summed E-state index contributed by atoms with van der Waals surface area (Å²) in [5, 5.41) is 5.64. The van der Waals surface area contributed by atoms with E-state index in [1.54, 1.807) is 0 Å². The molecule has 3 rings (SSSR count). The highest BCUT2D eigenvalue weighted by atomic mass is 16.2. The van der Waals surface area contributed by atoms with Gasteiger partial charge in [-0.05, 0) is 44.2 Å². The number of rotatable bonds is 3. The first-order chi connectivity index (χ1) is 9.31. The summed E-state index contributed by atoms with van der Waals surface area (Å²) in [5.41, 5.74) is 1.15. The minimum atomic E-state index is -0.152. The number of aromatic nitrogens is 1. The lowest BCUT2D eigenvalue weighted by Crippen LogP contribution is -2.31. The zero-order chi connectivity index (χ0) is 13.1. The van der Waals surface area contributed by atoms with Gasteiger partial charge in [0.1, 0.15) is 5.82 Å². The first kappa shape index (κ1) is 12.3. The fraction of sp³-hybridized carbons (Fsp3) is 0.571. The van der Waals surface area contributed by atoms with E-state index in [1.165, 1.54) is 19.3 Å². The number of piperidine rings is 1. The highest BCUT2D eigenvalue weighted by molar-refractivity contribution is 5.88. The van der Waals surface area contributed by atoms with Crippen molar-refractivity contribution in [1.82, 2.24) is 10.3 Å². The summed E-state index contributed by atoms with van der Waals surface area (Å²) < 4.78 is 0. The molecule has 1 aromatic rings. The van der Waals surface area contributed by atoms with Crippen molar-refractivity contribution in [1.29, 1.82) is 0 Å². The lowest BCUT2D eigenvalue weighted by Gasteiger charge is -2.28. The van der Waals surface area contributed by atoms with Crippen LogP contribution in [0.1, 0.15) is 32.1 Å². The second kappa shape index (κ2) is 5.47. The molecule has 2 aliphatic rings. The van der Waals surface area contributed by atoms with Gasteiger partial charge in [-0.15, -0.1) is 0 Å². The van der Waals surface area contributed by atoms with Gasteiger partial charge in [0.05, 0.1) is 11.9 Å². The number of anilines is 2. The number of hydrogen-bond donors (Lipinski definition) is 2. The minimum absolute atomic E-state index is 0.152. The van der Waals surface area contributed by atoms with Gasteiger partial charge in [0.2, 0.25) is 0 Å². The molecule has 2 fully saturated rings. The van der Waals surface area contributed by atoms with E-state index in [2.05, 4.69) is 20.5 Å². The van der Waals surface area contributed by atoms with E-state index in [0.717, 1.165) is 31.6 Å². The third-order valence-corrected chi connectivity index (χ3v) is 3.62. The van der Waals surface area contributed by atoms with Crippen molar-refractivity contribution in [3.8, 4) is 0 Å². The number of carbonyl (C=O) groups excluding carboxylic acids is 1. The fourth-order valence-corrected chi connectivity index (χ4v) is 2.36. The average molecular weight is 260 g/mol. The van der Waals surface area contributed by atoms with Gasteiger partial charge >= 0.3 is 6.03 Å². The van der Waals surface area contributed by atoms with Crippen LogP contribution in [0.25, 0.3) is 0 Å². The van der Waals surface area contributed by atoms with E-state index in [4.69, 9.17) is 0 Å². The smallest absolute Gasteiger partial charge is 0.320 e. The Morgan fingerprint density at radius 1 is 1.21 bits per heavy atom. The molecule has 2 heterocycles. The van der Waals surface area contributed by atoms with Gasteiger partial charge in [-0.3, -0.25) is 5.32 Å². The molecule has 1 saturated carbocycles. The Balaban J connectivity index is 1.56. The zero-order valence-electron chi connectivity index (χ0n) is 11.1. The van der Waals surface area contributed by atoms with E-state index in [9.17, 15) is 4.79 Å². The van der Waals surface area contributed by atoms with Crippen LogP contribution in [-0.2, 0) is 0 Å². The molecule has 1 aromatic heterocycles. The number of urea groups is 1. The highest BCUT2D eigenvalue weighted by Gasteiger charge is 2.23. The lowest BCUT2D eigenvalue weighted by molar-refractivity contribution is 0.251. The van der Waals surface area contributed by atoms with E-state index < -0.39 is 0 Å². The topological polar surface area (TPSA) is 57.3 Å². The van der Waals surface area contributed by atoms with Gasteiger partial charge in [0, 0.05) is 19.1 Å². The monoisotopic (exact) mass is 260 g/mol. The Kier molecular flexibility index (Phi) is 3.53. The molecule has 0 radical (unpaired) electrons. The van der Waals surface area contributed by atoms with Gasteiger partial charge < -0.3 is 10.2 Å². The Morgan fingerprint density at radius 2 is 2.00 bits per heavy atom. The summed E-state index contributed by atoms with van der Waals surface area (Å²) in [7, 11) is 0. The molecule has 1 aliphatic carbocycles. The molecule has 19 heavy (non-hydrogen) atoms. The van der Waals surface area contributed by atoms with Gasteiger partial charge in [-0.1, -0.05) is 0 Å². The van der Waals surface area contributed by atoms with Gasteiger partial charge in [0.25, 0.3) is 0 Å². The Bertz CT molecular complexity index is 435. The van der Waals surface area contributed by atoms with Crippen LogP contribution < -0.4 is 15.5 Å². The Morgan fingerprint density at radius 3 is 2.63 bits per heavy atom. The SMILES string of the molecule is O=C(Nc1ccc(N2CCCCC2)cn1)NC1CC1. The van der Waals surface area contributed by atoms with Gasteiger partial charge in [-0.2, -0.15) is 0 Å². The molecule has 2 N–H and O–H groups in total. The summed E-state index contributed by atoms with van der Waals surface area (Å²) in [6, 6.07) is 4.12. The molecule has 5 nitrogen and oxygen atoms in total. The number of nitrogens with one attached hydrogen (secondary N) is 2. The normalized spacial score (nSPS) is 19.1. The summed E-state index contributed by atoms with van der Waals surface area (Å²) in [4.78, 5) is 18.2. The molecule has 1 saturated heterocycles. The lowest BCUT2D eigenvalue weighted by atomic mass is 10.1. The average Bonchev–Trinajstić information content (AvgIpc) is 3.24. The molecular formula is C14H20N4O. The predicted octanol–water partition coefficient (Wildman–Crippen LogP) is 2.36. The van der Waals surface area contributed by atoms with Gasteiger partial charge in [0.15, 0.2) is 0 Å². The maximum absolute atomic E-state index is 11.6. The molecule has 0 aromatic carbocycles. The van der Waals surface area contributed by atoms with E-state index in [1.807, 2.05) is 18.3 Å². The quantitative estimate of drug-likeness (QED) is 0.877. The van der Waals surface area contributed by atoms with Crippen molar-refractivity contribution in [3.63, 3.8) is 0 Å². The number of pyridine rings is 1. The van der Waals surface area contributed by atoms with Crippen LogP contribution in [0.5, 0.6) is 0 Å². The maximum Gasteiger partial charge on any atom is 0.320 e. The first-order valence-electron chi connectivity index (χ1n) is 7.10. The summed E-state index contributed by atoms with van der Waals surface area (Å²) in [5.74, 6) is 0.610. The van der Waals surface area contributed by atoms with Crippen molar-refractivity contribution < 1.29 is 4.79 Å². The maximum atomic E-state index is 11.6. The van der Waals surface area contributed by atoms with Crippen molar-refractivity contribution >= 4 is 17.5 Å². The minimum Gasteiger partial charge on any atom is -0.370 e. The highest BCUT2D eigenvalue weighted by Crippen LogP contribution is 2.21. The molecular weight excluding hydrogens is 240 g/mol. The third kappa shape index (κ3) is 3.36. The van der Waals surface area contributed by atoms with E-state index >= 15 is 0 Å². The summed E-state index contributed by atoms with van der Waals surface area (Å²) in [6.07, 6.45) is 7.86. The van der Waals surface area contributed by atoms with Crippen LogP contribution in [0.4, 0.5) is 16.3 Å². The molecule has 0 spiro atoms. The molecule has 0 atom stereocenters. The number of hydrogen-bond acceptors (Lipinski definition) is 3. The van der Waals surface area contributed by atoms with Crippen LogP contribution >= 0.6 is 0 Å². The molecule has 1 aliphatic heterocycles. The van der Waals surface area contributed by atoms with Crippen LogP contribution in [0.15, 0.2) is 18.3 Å². The van der Waals surface area contributed by atoms with Crippen molar-refractivity contribution in [2.24, 2.45) is 0 Å². The van der Waals surface area contributed by atoms with Crippen LogP contribution in [0.2, 0.25) is 0 Å². The predicted molar refractivity (Wildman–Crippen MR) is 75.5 cm³/mol. The first-order valence-corrected chi connectivity index (χ1v) is 7.10. The van der Waals surface area contributed by atoms with Crippen molar-refractivity contribution in [3.05, 3.63) is 18.3 Å². The van der Waals surface area contributed by atoms with Crippen LogP contribution in [0.3, 0.4) is 0 Å². The largest absolute Gasteiger partial charge is 0.370 e. The van der Waals surface area contributed by atoms with E-state index in [-0.39, 0.29) is 6.03 Å². The van der Waals surface area contributed by atoms with Crippen molar-refractivity contribution in [2.75, 3.05) is 23.3 Å². The molecule has 2 amide bonds. The van der Waals surface area contributed by atoms with Gasteiger partial charge in [-0.25, -0.2) is 9.78 Å². The molecule has 0 bridgehead atoms. The Hall–Kier alpha value is -1.78. The van der Waals surface area contributed by atoms with Crippen LogP contribution in [-0.4, -0.2) is 30.1 Å². The number of nitrogens with zero attached hydrogens (tertiary/aromatic N) is 2. The number of carbonyl (C=O) groups is 1. The van der Waals surface area contributed by atoms with Crippen molar-refractivity contribution in [2.45, 2.75) is 38.1 Å². The van der Waals surface area contributed by atoms with Crippen LogP contribution in [0, 0.1) is 0 Å². The zero-order valence-corrected chi connectivity index (χ0v) is 11.1. The molecule has 0 unspecified atom stereocenters. The molecule has 5 heteroatoms. The number of amides is 2. The second-order valence-electron chi connectivity index (χ2n) is 5.32. The van der Waals surface area contributed by atoms with E-state index in [0.29, 0.717) is 11.9 Å². The standard InChI is InChI=1S/C14H20N4O/c19-14(16-11-4-5-11)17-13-7-6-12(10-15-13)18-8-2-1-3-9-18/h6-7,10-11H,1-5,8-9H2,(H2,15,16,17,19). The summed E-state index contributed by atoms with van der Waals surface area (Å²) >= 11 is 0. The second-order valence-corrected chi connectivity index (χ2v) is 5.32. The fourth-order valence-electron chi connectivity index (χ4n) is 2.36.